The van der Waals surface area contributed by atoms with Crippen LogP contribution in [0.15, 0.2) is 24.5 Å². The van der Waals surface area contributed by atoms with Crippen molar-refractivity contribution < 1.29 is 5.11 Å². The minimum Gasteiger partial charge on any atom is -0.393 e. The maximum atomic E-state index is 9.61. The maximum Gasteiger partial charge on any atom is 0.182 e. The van der Waals surface area contributed by atoms with Crippen LogP contribution in [0.2, 0.25) is 0 Å². The van der Waals surface area contributed by atoms with E-state index in [9.17, 15) is 5.11 Å². The van der Waals surface area contributed by atoms with Gasteiger partial charge in [-0.25, -0.2) is 4.98 Å². The highest BCUT2D eigenvalue weighted by atomic mass is 16.3. The van der Waals surface area contributed by atoms with Crippen LogP contribution in [0.3, 0.4) is 0 Å². The lowest BCUT2D eigenvalue weighted by Gasteiger charge is -2.13. The predicted octanol–water partition coefficient (Wildman–Crippen LogP) is 1.01. The predicted molar refractivity (Wildman–Crippen MR) is 66.6 cm³/mol. The summed E-state index contributed by atoms with van der Waals surface area (Å²) < 4.78 is 1.98. The highest BCUT2D eigenvalue weighted by molar-refractivity contribution is 5.52. The Morgan fingerprint density at radius 1 is 1.33 bits per heavy atom. The molecule has 1 fully saturated rings. The van der Waals surface area contributed by atoms with Crippen molar-refractivity contribution in [3.05, 3.63) is 24.5 Å². The summed E-state index contributed by atoms with van der Waals surface area (Å²) in [5.41, 5.74) is 6.40. The zero-order valence-electron chi connectivity index (χ0n) is 9.90. The minimum atomic E-state index is -0.223. The summed E-state index contributed by atoms with van der Waals surface area (Å²) in [5, 5.41) is 17.7. The van der Waals surface area contributed by atoms with Gasteiger partial charge in [-0.1, -0.05) is 6.07 Å². The van der Waals surface area contributed by atoms with Gasteiger partial charge in [-0.3, -0.25) is 0 Å². The van der Waals surface area contributed by atoms with Crippen LogP contribution in [0.1, 0.15) is 25.3 Å². The molecule has 2 heterocycles. The number of pyridine rings is 1. The Kier molecular flexibility index (Phi) is 2.71. The molecule has 2 atom stereocenters. The fraction of sp³-hybridized carbons (Fsp3) is 0.417. The first kappa shape index (κ1) is 11.2. The molecule has 2 aromatic heterocycles. The number of hydrogen-bond donors (Lipinski definition) is 2. The van der Waals surface area contributed by atoms with Crippen molar-refractivity contribution in [1.82, 2.24) is 19.7 Å². The lowest BCUT2D eigenvalue weighted by Crippen LogP contribution is -2.08. The molecule has 1 unspecified atom stereocenters. The van der Waals surface area contributed by atoms with Gasteiger partial charge < -0.3 is 15.4 Å². The third kappa shape index (κ3) is 1.95. The number of nitrogens with two attached hydrogens (primary N) is 1. The van der Waals surface area contributed by atoms with Crippen molar-refractivity contribution in [2.45, 2.75) is 31.4 Å². The van der Waals surface area contributed by atoms with Crippen LogP contribution < -0.4 is 5.73 Å². The SMILES string of the molecule is Nc1cccc(-c2nncn2C2CC[C@H](O)C2)n1. The number of anilines is 1. The van der Waals surface area contributed by atoms with E-state index in [0.717, 1.165) is 19.3 Å². The summed E-state index contributed by atoms with van der Waals surface area (Å²) in [4.78, 5) is 4.26. The molecule has 6 nitrogen and oxygen atoms in total. The van der Waals surface area contributed by atoms with E-state index in [1.54, 1.807) is 12.4 Å². The number of aliphatic hydroxyl groups is 1. The molecule has 18 heavy (non-hydrogen) atoms. The summed E-state index contributed by atoms with van der Waals surface area (Å²) in [6.07, 6.45) is 3.98. The molecule has 0 spiro atoms. The molecule has 3 N–H and O–H groups in total. The van der Waals surface area contributed by atoms with Crippen molar-refractivity contribution in [2.75, 3.05) is 5.73 Å². The molecule has 94 valence electrons. The maximum absolute atomic E-state index is 9.61. The Labute approximate surface area is 104 Å². The molecular formula is C12H15N5O. The molecule has 2 aromatic rings. The van der Waals surface area contributed by atoms with Gasteiger partial charge in [0.25, 0.3) is 0 Å². The Balaban J connectivity index is 1.96. The quantitative estimate of drug-likeness (QED) is 0.824. The van der Waals surface area contributed by atoms with Crippen LogP contribution in [0, 0.1) is 0 Å². The monoisotopic (exact) mass is 245 g/mol. The van der Waals surface area contributed by atoms with Gasteiger partial charge in [0.2, 0.25) is 0 Å². The summed E-state index contributed by atoms with van der Waals surface area (Å²) in [5.74, 6) is 1.18. The second kappa shape index (κ2) is 4.38. The number of rotatable bonds is 2. The van der Waals surface area contributed by atoms with E-state index in [1.165, 1.54) is 0 Å². The molecule has 0 aliphatic heterocycles. The average molecular weight is 245 g/mol. The van der Waals surface area contributed by atoms with Gasteiger partial charge in [0.05, 0.1) is 6.10 Å². The van der Waals surface area contributed by atoms with Crippen LogP contribution in [0.25, 0.3) is 11.5 Å². The fourth-order valence-corrected chi connectivity index (χ4v) is 2.46. The highest BCUT2D eigenvalue weighted by Gasteiger charge is 2.26. The van der Waals surface area contributed by atoms with Crippen LogP contribution in [0.4, 0.5) is 5.82 Å². The zero-order valence-corrected chi connectivity index (χ0v) is 9.90. The fourth-order valence-electron chi connectivity index (χ4n) is 2.46. The molecule has 0 radical (unpaired) electrons. The lowest BCUT2D eigenvalue weighted by molar-refractivity contribution is 0.178. The van der Waals surface area contributed by atoms with Crippen LogP contribution in [-0.4, -0.2) is 31.0 Å². The molecular weight excluding hydrogens is 230 g/mol. The third-order valence-corrected chi connectivity index (χ3v) is 3.34. The first-order chi connectivity index (χ1) is 8.74. The van der Waals surface area contributed by atoms with E-state index in [1.807, 2.05) is 16.7 Å². The van der Waals surface area contributed by atoms with Gasteiger partial charge in [0.1, 0.15) is 17.8 Å². The molecule has 6 heteroatoms. The minimum absolute atomic E-state index is 0.223. The van der Waals surface area contributed by atoms with Crippen molar-refractivity contribution in [3.63, 3.8) is 0 Å². The zero-order chi connectivity index (χ0) is 12.5. The van der Waals surface area contributed by atoms with Crippen molar-refractivity contribution in [3.8, 4) is 11.5 Å². The van der Waals surface area contributed by atoms with E-state index < -0.39 is 0 Å². The van der Waals surface area contributed by atoms with Crippen molar-refractivity contribution in [1.29, 1.82) is 0 Å². The first-order valence-corrected chi connectivity index (χ1v) is 6.04. The summed E-state index contributed by atoms with van der Waals surface area (Å²) in [6, 6.07) is 5.69. The summed E-state index contributed by atoms with van der Waals surface area (Å²) >= 11 is 0. The van der Waals surface area contributed by atoms with Crippen LogP contribution in [-0.2, 0) is 0 Å². The second-order valence-corrected chi connectivity index (χ2v) is 4.63. The molecule has 0 amide bonds. The van der Waals surface area contributed by atoms with Gasteiger partial charge in [-0.2, -0.15) is 0 Å². The summed E-state index contributed by atoms with van der Waals surface area (Å²) in [6.45, 7) is 0. The normalized spacial score (nSPS) is 23.4. The number of aromatic nitrogens is 4. The van der Waals surface area contributed by atoms with Crippen molar-refractivity contribution >= 4 is 5.82 Å². The summed E-state index contributed by atoms with van der Waals surface area (Å²) in [7, 11) is 0. The van der Waals surface area contributed by atoms with Gasteiger partial charge in [0.15, 0.2) is 5.82 Å². The van der Waals surface area contributed by atoms with Gasteiger partial charge in [-0.15, -0.1) is 10.2 Å². The molecule has 0 aromatic carbocycles. The Morgan fingerprint density at radius 2 is 2.22 bits per heavy atom. The number of hydrogen-bond acceptors (Lipinski definition) is 5. The van der Waals surface area contributed by atoms with Gasteiger partial charge >= 0.3 is 0 Å². The average Bonchev–Trinajstić information content (AvgIpc) is 2.96. The standard InChI is InChI=1S/C12H15N5O/c13-11-3-1-2-10(15-11)12-16-14-7-17(12)8-4-5-9(18)6-8/h1-3,7-9,18H,4-6H2,(H2,13,15)/t8?,9-/m0/s1. The lowest BCUT2D eigenvalue weighted by atomic mass is 10.2. The van der Waals surface area contributed by atoms with E-state index >= 15 is 0 Å². The molecule has 1 aliphatic rings. The number of nitrogens with zero attached hydrogens (tertiary/aromatic N) is 4. The molecule has 0 bridgehead atoms. The molecule has 0 saturated heterocycles. The first-order valence-electron chi connectivity index (χ1n) is 6.04. The van der Waals surface area contributed by atoms with Gasteiger partial charge in [-0.05, 0) is 31.4 Å². The third-order valence-electron chi connectivity index (χ3n) is 3.34. The molecule has 1 aliphatic carbocycles. The second-order valence-electron chi connectivity index (χ2n) is 4.63. The van der Waals surface area contributed by atoms with E-state index in [2.05, 4.69) is 15.2 Å². The van der Waals surface area contributed by atoms with E-state index in [4.69, 9.17) is 5.73 Å². The Bertz CT molecular complexity index is 553. The topological polar surface area (TPSA) is 89.8 Å². The van der Waals surface area contributed by atoms with Crippen LogP contribution in [0.5, 0.6) is 0 Å². The number of nitrogen functional groups attached to an aromatic ring is 1. The molecule has 3 rings (SSSR count). The van der Waals surface area contributed by atoms with E-state index in [-0.39, 0.29) is 12.1 Å². The number of aliphatic hydroxyl groups excluding tert-OH is 1. The largest absolute Gasteiger partial charge is 0.393 e. The Morgan fingerprint density at radius 3 is 2.94 bits per heavy atom. The van der Waals surface area contributed by atoms with Gasteiger partial charge in [0, 0.05) is 6.04 Å². The smallest absolute Gasteiger partial charge is 0.182 e. The van der Waals surface area contributed by atoms with E-state index in [0.29, 0.717) is 17.3 Å². The molecule has 1 saturated carbocycles. The highest BCUT2D eigenvalue weighted by Crippen LogP contribution is 2.32. The van der Waals surface area contributed by atoms with Crippen molar-refractivity contribution in [2.24, 2.45) is 0 Å². The van der Waals surface area contributed by atoms with Crippen LogP contribution >= 0.6 is 0 Å². The Hall–Kier alpha value is -1.95.